The monoisotopic (exact) mass is 251 g/mol. The quantitative estimate of drug-likeness (QED) is 0.647. The Morgan fingerprint density at radius 3 is 2.67 bits per heavy atom. The summed E-state index contributed by atoms with van der Waals surface area (Å²) in [6, 6.07) is 10.3. The van der Waals surface area contributed by atoms with Crippen molar-refractivity contribution >= 4 is 0 Å². The molecule has 1 saturated carbocycles. The molecule has 1 aromatic rings. The van der Waals surface area contributed by atoms with Gasteiger partial charge in [0.2, 0.25) is 0 Å². The number of aliphatic hydroxyl groups excluding tert-OH is 1. The summed E-state index contributed by atoms with van der Waals surface area (Å²) in [5, 5.41) is 12.5. The molecule has 1 fully saturated rings. The average molecular weight is 251 g/mol. The standard InChI is InChI=1S/C14H21NO3/c16-10-13(15-12-6-7-12)11-17-8-9-18-14-4-2-1-3-5-14/h1-5,12-13,15-16H,6-11H2. The largest absolute Gasteiger partial charge is 0.491 e. The first-order valence-electron chi connectivity index (χ1n) is 6.51. The van der Waals surface area contributed by atoms with Crippen LogP contribution in [-0.4, -0.2) is 43.6 Å². The van der Waals surface area contributed by atoms with Crippen molar-refractivity contribution in [1.29, 1.82) is 0 Å². The Morgan fingerprint density at radius 2 is 2.00 bits per heavy atom. The van der Waals surface area contributed by atoms with Crippen LogP contribution in [0.4, 0.5) is 0 Å². The van der Waals surface area contributed by atoms with Crippen LogP contribution in [0.3, 0.4) is 0 Å². The average Bonchev–Trinajstić information content (AvgIpc) is 3.22. The van der Waals surface area contributed by atoms with Gasteiger partial charge in [-0.3, -0.25) is 0 Å². The lowest BCUT2D eigenvalue weighted by Crippen LogP contribution is -2.38. The molecule has 0 bridgehead atoms. The van der Waals surface area contributed by atoms with E-state index in [-0.39, 0.29) is 12.6 Å². The predicted octanol–water partition coefficient (Wildman–Crippen LogP) is 1.19. The highest BCUT2D eigenvalue weighted by atomic mass is 16.5. The Morgan fingerprint density at radius 1 is 1.22 bits per heavy atom. The molecule has 100 valence electrons. The van der Waals surface area contributed by atoms with E-state index in [1.54, 1.807) is 0 Å². The fourth-order valence-corrected chi connectivity index (χ4v) is 1.70. The van der Waals surface area contributed by atoms with E-state index in [4.69, 9.17) is 14.6 Å². The van der Waals surface area contributed by atoms with Crippen molar-refractivity contribution < 1.29 is 14.6 Å². The normalized spacial score (nSPS) is 16.5. The topological polar surface area (TPSA) is 50.7 Å². The molecule has 1 atom stereocenters. The maximum Gasteiger partial charge on any atom is 0.119 e. The summed E-state index contributed by atoms with van der Waals surface area (Å²) in [5.74, 6) is 0.857. The highest BCUT2D eigenvalue weighted by molar-refractivity contribution is 5.20. The summed E-state index contributed by atoms with van der Waals surface area (Å²) in [5.41, 5.74) is 0. The molecule has 0 amide bonds. The van der Waals surface area contributed by atoms with Gasteiger partial charge in [-0.05, 0) is 25.0 Å². The molecule has 0 aliphatic heterocycles. The summed E-state index contributed by atoms with van der Waals surface area (Å²) in [7, 11) is 0. The van der Waals surface area contributed by atoms with Crippen molar-refractivity contribution in [2.24, 2.45) is 0 Å². The van der Waals surface area contributed by atoms with Crippen molar-refractivity contribution in [3.8, 4) is 5.75 Å². The smallest absolute Gasteiger partial charge is 0.119 e. The lowest BCUT2D eigenvalue weighted by molar-refractivity contribution is 0.0674. The van der Waals surface area contributed by atoms with Gasteiger partial charge in [0.05, 0.1) is 25.9 Å². The molecule has 0 spiro atoms. The molecular weight excluding hydrogens is 230 g/mol. The van der Waals surface area contributed by atoms with Crippen molar-refractivity contribution in [3.63, 3.8) is 0 Å². The molecule has 2 rings (SSSR count). The predicted molar refractivity (Wildman–Crippen MR) is 69.8 cm³/mol. The Hall–Kier alpha value is -1.10. The summed E-state index contributed by atoms with van der Waals surface area (Å²) >= 11 is 0. The van der Waals surface area contributed by atoms with Gasteiger partial charge in [0.1, 0.15) is 12.4 Å². The number of nitrogens with one attached hydrogen (secondary N) is 1. The lowest BCUT2D eigenvalue weighted by atomic mass is 10.3. The molecule has 1 aliphatic rings. The molecule has 4 heteroatoms. The molecule has 0 radical (unpaired) electrons. The van der Waals surface area contributed by atoms with E-state index in [0.29, 0.717) is 25.9 Å². The molecule has 1 unspecified atom stereocenters. The maximum atomic E-state index is 9.16. The number of rotatable bonds is 9. The van der Waals surface area contributed by atoms with Gasteiger partial charge in [-0.1, -0.05) is 18.2 Å². The van der Waals surface area contributed by atoms with Crippen molar-refractivity contribution in [2.75, 3.05) is 26.4 Å². The highest BCUT2D eigenvalue weighted by Crippen LogP contribution is 2.19. The van der Waals surface area contributed by atoms with E-state index in [0.717, 1.165) is 5.75 Å². The van der Waals surface area contributed by atoms with Gasteiger partial charge < -0.3 is 19.9 Å². The van der Waals surface area contributed by atoms with Crippen LogP contribution in [0, 0.1) is 0 Å². The molecule has 0 saturated heterocycles. The van der Waals surface area contributed by atoms with Crippen LogP contribution in [0.15, 0.2) is 30.3 Å². The first kappa shape index (κ1) is 13.3. The first-order chi connectivity index (χ1) is 8.88. The Kier molecular flexibility index (Phi) is 5.45. The Labute approximate surface area is 108 Å². The van der Waals surface area contributed by atoms with E-state index < -0.39 is 0 Å². The molecule has 18 heavy (non-hydrogen) atoms. The SMILES string of the molecule is OCC(COCCOc1ccccc1)NC1CC1. The summed E-state index contributed by atoms with van der Waals surface area (Å²) < 4.78 is 11.0. The van der Waals surface area contributed by atoms with Crippen LogP contribution in [0.5, 0.6) is 5.75 Å². The van der Waals surface area contributed by atoms with Gasteiger partial charge in [-0.25, -0.2) is 0 Å². The van der Waals surface area contributed by atoms with Gasteiger partial charge in [0, 0.05) is 6.04 Å². The zero-order chi connectivity index (χ0) is 12.6. The van der Waals surface area contributed by atoms with Gasteiger partial charge in [-0.15, -0.1) is 0 Å². The van der Waals surface area contributed by atoms with Crippen LogP contribution in [-0.2, 0) is 4.74 Å². The van der Waals surface area contributed by atoms with Crippen molar-refractivity contribution in [2.45, 2.75) is 24.9 Å². The number of hydrogen-bond donors (Lipinski definition) is 2. The van der Waals surface area contributed by atoms with E-state index in [2.05, 4.69) is 5.32 Å². The van der Waals surface area contributed by atoms with Crippen molar-refractivity contribution in [1.82, 2.24) is 5.32 Å². The molecule has 0 heterocycles. The van der Waals surface area contributed by atoms with Crippen molar-refractivity contribution in [3.05, 3.63) is 30.3 Å². The second-order valence-corrected chi connectivity index (χ2v) is 4.56. The minimum atomic E-state index is 0.0502. The third kappa shape index (κ3) is 5.04. The van der Waals surface area contributed by atoms with Gasteiger partial charge in [-0.2, -0.15) is 0 Å². The molecule has 1 aliphatic carbocycles. The van der Waals surface area contributed by atoms with E-state index >= 15 is 0 Å². The van der Waals surface area contributed by atoms with Crippen LogP contribution in [0.25, 0.3) is 0 Å². The number of para-hydroxylation sites is 1. The molecule has 0 aromatic heterocycles. The Bertz CT molecular complexity index is 327. The Balaban J connectivity index is 1.52. The third-order valence-corrected chi connectivity index (χ3v) is 2.83. The molecular formula is C14H21NO3. The zero-order valence-corrected chi connectivity index (χ0v) is 10.5. The fraction of sp³-hybridized carbons (Fsp3) is 0.571. The minimum absolute atomic E-state index is 0.0502. The zero-order valence-electron chi connectivity index (χ0n) is 10.5. The molecule has 4 nitrogen and oxygen atoms in total. The number of ether oxygens (including phenoxy) is 2. The number of aliphatic hydroxyl groups is 1. The van der Waals surface area contributed by atoms with Gasteiger partial charge in [0.25, 0.3) is 0 Å². The van der Waals surface area contributed by atoms with Crippen LogP contribution < -0.4 is 10.1 Å². The van der Waals surface area contributed by atoms with E-state index in [9.17, 15) is 0 Å². The minimum Gasteiger partial charge on any atom is -0.491 e. The highest BCUT2D eigenvalue weighted by Gasteiger charge is 2.24. The van der Waals surface area contributed by atoms with Crippen LogP contribution >= 0.6 is 0 Å². The fourth-order valence-electron chi connectivity index (χ4n) is 1.70. The summed E-state index contributed by atoms with van der Waals surface area (Å²) in [6.07, 6.45) is 2.43. The first-order valence-corrected chi connectivity index (χ1v) is 6.51. The molecule has 1 aromatic carbocycles. The third-order valence-electron chi connectivity index (χ3n) is 2.83. The second kappa shape index (κ2) is 7.36. The van der Waals surface area contributed by atoms with E-state index in [1.165, 1.54) is 12.8 Å². The summed E-state index contributed by atoms with van der Waals surface area (Å²) in [6.45, 7) is 1.73. The van der Waals surface area contributed by atoms with Gasteiger partial charge >= 0.3 is 0 Å². The summed E-state index contributed by atoms with van der Waals surface area (Å²) in [4.78, 5) is 0. The maximum absolute atomic E-state index is 9.16. The lowest BCUT2D eigenvalue weighted by Gasteiger charge is -2.16. The van der Waals surface area contributed by atoms with Crippen LogP contribution in [0.2, 0.25) is 0 Å². The van der Waals surface area contributed by atoms with Crippen LogP contribution in [0.1, 0.15) is 12.8 Å². The van der Waals surface area contributed by atoms with Gasteiger partial charge in [0.15, 0.2) is 0 Å². The number of benzene rings is 1. The second-order valence-electron chi connectivity index (χ2n) is 4.56. The van der Waals surface area contributed by atoms with E-state index in [1.807, 2.05) is 30.3 Å². The number of hydrogen-bond acceptors (Lipinski definition) is 4. The molecule has 2 N–H and O–H groups in total.